The minimum atomic E-state index is 0.473. The molecule has 0 aliphatic carbocycles. The topological polar surface area (TPSA) is 47.0 Å². The summed E-state index contributed by atoms with van der Waals surface area (Å²) in [6.07, 6.45) is 1.09. The molecule has 1 N–H and O–H groups in total. The van der Waals surface area contributed by atoms with Crippen LogP contribution in [0.3, 0.4) is 0 Å². The van der Waals surface area contributed by atoms with Crippen LogP contribution in [0.15, 0.2) is 24.3 Å². The van der Waals surface area contributed by atoms with Gasteiger partial charge in [-0.2, -0.15) is 0 Å². The van der Waals surface area contributed by atoms with Gasteiger partial charge in [0, 0.05) is 6.54 Å². The number of benzene rings is 1. The van der Waals surface area contributed by atoms with Crippen molar-refractivity contribution in [2.24, 2.45) is 0 Å². The zero-order valence-corrected chi connectivity index (χ0v) is 13.0. The first kappa shape index (κ1) is 14.9. The largest absolute Gasteiger partial charge is 0.429 e. The van der Waals surface area contributed by atoms with Crippen LogP contribution in [-0.4, -0.2) is 16.7 Å². The number of rotatable bonds is 7. The first-order chi connectivity index (χ1) is 9.74. The van der Waals surface area contributed by atoms with Gasteiger partial charge in [-0.15, -0.1) is 5.10 Å². The molecule has 0 aliphatic rings. The van der Waals surface area contributed by atoms with Crippen LogP contribution in [0.4, 0.5) is 0 Å². The summed E-state index contributed by atoms with van der Waals surface area (Å²) in [5, 5.41) is 13.0. The smallest absolute Gasteiger partial charge is 0.299 e. The minimum absolute atomic E-state index is 0.473. The zero-order valence-electron chi connectivity index (χ0n) is 12.2. The van der Waals surface area contributed by atoms with Gasteiger partial charge in [0.2, 0.25) is 0 Å². The van der Waals surface area contributed by atoms with Crippen molar-refractivity contribution in [3.63, 3.8) is 0 Å². The number of para-hydroxylation sites is 1. The molecule has 5 heteroatoms. The summed E-state index contributed by atoms with van der Waals surface area (Å²) < 4.78 is 5.91. The second-order valence-corrected chi connectivity index (χ2v) is 5.72. The number of nitrogens with zero attached hydrogens (tertiary/aromatic N) is 2. The SMILES string of the molecule is CCNCc1nnc(Oc2ccccc2C(C)CC)s1. The van der Waals surface area contributed by atoms with Crippen molar-refractivity contribution in [3.05, 3.63) is 34.8 Å². The summed E-state index contributed by atoms with van der Waals surface area (Å²) in [7, 11) is 0. The molecule has 2 rings (SSSR count). The van der Waals surface area contributed by atoms with Gasteiger partial charge in [-0.05, 0) is 30.5 Å². The Labute approximate surface area is 124 Å². The molecule has 108 valence electrons. The summed E-state index contributed by atoms with van der Waals surface area (Å²) >= 11 is 1.49. The second kappa shape index (κ2) is 7.36. The van der Waals surface area contributed by atoms with E-state index in [0.717, 1.165) is 30.3 Å². The highest BCUT2D eigenvalue weighted by Gasteiger charge is 2.12. The maximum absolute atomic E-state index is 5.91. The molecule has 0 fully saturated rings. The van der Waals surface area contributed by atoms with Gasteiger partial charge in [0.15, 0.2) is 0 Å². The lowest BCUT2D eigenvalue weighted by molar-refractivity contribution is 0.461. The predicted molar refractivity (Wildman–Crippen MR) is 82.5 cm³/mol. The molecule has 20 heavy (non-hydrogen) atoms. The molecule has 0 bridgehead atoms. The normalized spacial score (nSPS) is 12.3. The summed E-state index contributed by atoms with van der Waals surface area (Å²) in [5.41, 5.74) is 1.22. The lowest BCUT2D eigenvalue weighted by atomic mass is 9.98. The summed E-state index contributed by atoms with van der Waals surface area (Å²) in [5.74, 6) is 1.35. The van der Waals surface area contributed by atoms with Crippen LogP contribution < -0.4 is 10.1 Å². The molecule has 0 saturated carbocycles. The van der Waals surface area contributed by atoms with Gasteiger partial charge >= 0.3 is 0 Å². The van der Waals surface area contributed by atoms with Gasteiger partial charge in [-0.25, -0.2) is 0 Å². The zero-order chi connectivity index (χ0) is 14.4. The van der Waals surface area contributed by atoms with Crippen molar-refractivity contribution < 1.29 is 4.74 Å². The molecule has 1 heterocycles. The Balaban J connectivity index is 2.11. The van der Waals surface area contributed by atoms with Crippen molar-refractivity contribution >= 4 is 11.3 Å². The predicted octanol–water partition coefficient (Wildman–Crippen LogP) is 3.95. The van der Waals surface area contributed by atoms with Gasteiger partial charge in [-0.1, -0.05) is 55.4 Å². The molecule has 1 aromatic carbocycles. The lowest BCUT2D eigenvalue weighted by Crippen LogP contribution is -2.11. The monoisotopic (exact) mass is 291 g/mol. The van der Waals surface area contributed by atoms with E-state index in [2.05, 4.69) is 42.4 Å². The van der Waals surface area contributed by atoms with Gasteiger partial charge in [0.25, 0.3) is 5.19 Å². The van der Waals surface area contributed by atoms with E-state index in [4.69, 9.17) is 4.74 Å². The number of ether oxygens (including phenoxy) is 1. The van der Waals surface area contributed by atoms with E-state index in [9.17, 15) is 0 Å². The fourth-order valence-corrected chi connectivity index (χ4v) is 2.55. The van der Waals surface area contributed by atoms with Crippen LogP contribution in [0.25, 0.3) is 0 Å². The fourth-order valence-electron chi connectivity index (χ4n) is 1.88. The second-order valence-electron chi connectivity index (χ2n) is 4.69. The highest BCUT2D eigenvalue weighted by atomic mass is 32.1. The van der Waals surface area contributed by atoms with Gasteiger partial charge in [0.05, 0.1) is 0 Å². The summed E-state index contributed by atoms with van der Waals surface area (Å²) in [4.78, 5) is 0. The third-order valence-electron chi connectivity index (χ3n) is 3.23. The van der Waals surface area contributed by atoms with E-state index in [1.807, 2.05) is 18.2 Å². The number of hydrogen-bond donors (Lipinski definition) is 1. The Morgan fingerprint density at radius 1 is 1.25 bits per heavy atom. The maximum Gasteiger partial charge on any atom is 0.299 e. The third kappa shape index (κ3) is 3.77. The number of hydrogen-bond acceptors (Lipinski definition) is 5. The van der Waals surface area contributed by atoms with E-state index in [1.165, 1.54) is 16.9 Å². The van der Waals surface area contributed by atoms with Gasteiger partial charge < -0.3 is 10.1 Å². The van der Waals surface area contributed by atoms with E-state index >= 15 is 0 Å². The highest BCUT2D eigenvalue weighted by molar-refractivity contribution is 7.13. The quantitative estimate of drug-likeness (QED) is 0.839. The molecule has 1 atom stereocenters. The molecular weight excluding hydrogens is 270 g/mol. The third-order valence-corrected chi connectivity index (χ3v) is 4.04. The first-order valence-electron chi connectivity index (χ1n) is 7.04. The molecule has 1 unspecified atom stereocenters. The van der Waals surface area contributed by atoms with Crippen LogP contribution in [0.5, 0.6) is 10.9 Å². The van der Waals surface area contributed by atoms with Gasteiger partial charge in [-0.3, -0.25) is 0 Å². The van der Waals surface area contributed by atoms with E-state index in [-0.39, 0.29) is 0 Å². The molecule has 0 radical (unpaired) electrons. The molecular formula is C15H21N3OS. The Kier molecular flexibility index (Phi) is 5.49. The van der Waals surface area contributed by atoms with Crippen LogP contribution in [0.2, 0.25) is 0 Å². The molecule has 0 aliphatic heterocycles. The van der Waals surface area contributed by atoms with Crippen molar-refractivity contribution in [3.8, 4) is 10.9 Å². The van der Waals surface area contributed by atoms with Crippen LogP contribution >= 0.6 is 11.3 Å². The Morgan fingerprint density at radius 3 is 2.80 bits per heavy atom. The molecule has 0 amide bonds. The van der Waals surface area contributed by atoms with Crippen LogP contribution in [-0.2, 0) is 6.54 Å². The summed E-state index contributed by atoms with van der Waals surface area (Å²) in [6.45, 7) is 8.12. The van der Waals surface area contributed by atoms with E-state index < -0.39 is 0 Å². The highest BCUT2D eigenvalue weighted by Crippen LogP contribution is 2.33. The Bertz CT molecular complexity index is 541. The molecule has 1 aromatic heterocycles. The minimum Gasteiger partial charge on any atom is -0.429 e. The van der Waals surface area contributed by atoms with Crippen molar-refractivity contribution in [2.75, 3.05) is 6.54 Å². The van der Waals surface area contributed by atoms with Crippen molar-refractivity contribution in [1.29, 1.82) is 0 Å². The molecule has 0 spiro atoms. The van der Waals surface area contributed by atoms with Gasteiger partial charge in [0.1, 0.15) is 10.8 Å². The van der Waals surface area contributed by atoms with E-state index in [1.54, 1.807) is 0 Å². The van der Waals surface area contributed by atoms with Crippen LogP contribution in [0, 0.1) is 0 Å². The standard InChI is InChI=1S/C15H21N3OS/c1-4-11(3)12-8-6-7-9-13(12)19-15-18-17-14(20-15)10-16-5-2/h6-9,11,16H,4-5,10H2,1-3H3. The average Bonchev–Trinajstić information content (AvgIpc) is 2.92. The molecule has 2 aromatic rings. The van der Waals surface area contributed by atoms with E-state index in [0.29, 0.717) is 11.1 Å². The Hall–Kier alpha value is -1.46. The maximum atomic E-state index is 5.91. The first-order valence-corrected chi connectivity index (χ1v) is 7.86. The Morgan fingerprint density at radius 2 is 2.05 bits per heavy atom. The fraction of sp³-hybridized carbons (Fsp3) is 0.467. The molecule has 4 nitrogen and oxygen atoms in total. The van der Waals surface area contributed by atoms with Crippen molar-refractivity contribution in [1.82, 2.24) is 15.5 Å². The average molecular weight is 291 g/mol. The number of aromatic nitrogens is 2. The number of nitrogens with one attached hydrogen (secondary N) is 1. The van der Waals surface area contributed by atoms with Crippen molar-refractivity contribution in [2.45, 2.75) is 39.7 Å². The van der Waals surface area contributed by atoms with Crippen LogP contribution in [0.1, 0.15) is 43.7 Å². The molecule has 0 saturated heterocycles. The summed E-state index contributed by atoms with van der Waals surface area (Å²) in [6, 6.07) is 8.14. The lowest BCUT2D eigenvalue weighted by Gasteiger charge is -2.13.